The standard InChI is InChI=1S/C18H12BN/c19-16-11-6-10-15-14-9-4-5-12-17(14)20(18(15)16)13-7-2-1-3-8-13/h1-12H. The minimum Gasteiger partial charge on any atom is -0.310 e. The van der Waals surface area contributed by atoms with Crippen LogP contribution in [0.4, 0.5) is 0 Å². The van der Waals surface area contributed by atoms with Gasteiger partial charge in [-0.3, -0.25) is 0 Å². The Bertz CT molecular complexity index is 907. The zero-order valence-electron chi connectivity index (χ0n) is 11.0. The normalized spacial score (nSPS) is 11.2. The van der Waals surface area contributed by atoms with Crippen molar-refractivity contribution in [1.29, 1.82) is 0 Å². The van der Waals surface area contributed by atoms with Gasteiger partial charge in [0.05, 0.1) is 5.52 Å². The van der Waals surface area contributed by atoms with Gasteiger partial charge in [-0.15, -0.1) is 0 Å². The molecule has 4 rings (SSSR count). The summed E-state index contributed by atoms with van der Waals surface area (Å²) >= 11 is 0. The van der Waals surface area contributed by atoms with Crippen molar-refractivity contribution in [3.63, 3.8) is 0 Å². The maximum absolute atomic E-state index is 6.24. The molecule has 2 heteroatoms. The minimum atomic E-state index is 0.808. The summed E-state index contributed by atoms with van der Waals surface area (Å²) in [6.45, 7) is 0. The number of fused-ring (bicyclic) bond motifs is 3. The first-order valence-corrected chi connectivity index (χ1v) is 6.69. The van der Waals surface area contributed by atoms with E-state index in [4.69, 9.17) is 7.85 Å². The number of benzene rings is 3. The van der Waals surface area contributed by atoms with Crippen LogP contribution in [0.15, 0.2) is 72.8 Å². The number of para-hydroxylation sites is 3. The summed E-state index contributed by atoms with van der Waals surface area (Å²) < 4.78 is 2.24. The quantitative estimate of drug-likeness (QED) is 0.457. The molecule has 0 fully saturated rings. The van der Waals surface area contributed by atoms with Crippen molar-refractivity contribution in [3.8, 4) is 5.69 Å². The van der Waals surface area contributed by atoms with Gasteiger partial charge < -0.3 is 4.57 Å². The molecule has 4 aromatic rings. The van der Waals surface area contributed by atoms with Crippen molar-refractivity contribution in [2.75, 3.05) is 0 Å². The molecule has 0 bridgehead atoms. The Balaban J connectivity index is 2.27. The third-order valence-corrected chi connectivity index (χ3v) is 3.74. The van der Waals surface area contributed by atoms with Crippen LogP contribution in [0.25, 0.3) is 27.5 Å². The Labute approximate surface area is 118 Å². The van der Waals surface area contributed by atoms with E-state index in [9.17, 15) is 0 Å². The molecule has 92 valence electrons. The molecule has 0 unspecified atom stereocenters. The summed E-state index contributed by atoms with van der Waals surface area (Å²) in [4.78, 5) is 0. The Morgan fingerprint density at radius 3 is 2.20 bits per heavy atom. The summed E-state index contributed by atoms with van der Waals surface area (Å²) in [5.41, 5.74) is 4.21. The van der Waals surface area contributed by atoms with Gasteiger partial charge >= 0.3 is 0 Å². The fourth-order valence-corrected chi connectivity index (χ4v) is 2.89. The predicted octanol–water partition coefficient (Wildman–Crippen LogP) is 3.58. The fourth-order valence-electron chi connectivity index (χ4n) is 2.89. The second-order valence-corrected chi connectivity index (χ2v) is 4.93. The molecule has 0 aliphatic carbocycles. The maximum Gasteiger partial charge on any atom is 0.116 e. The van der Waals surface area contributed by atoms with Crippen LogP contribution < -0.4 is 5.46 Å². The SMILES string of the molecule is [B]c1cccc2c3ccccc3n(-c3ccccc3)c12. The van der Waals surface area contributed by atoms with Crippen LogP contribution in [-0.4, -0.2) is 12.4 Å². The van der Waals surface area contributed by atoms with Gasteiger partial charge in [0.25, 0.3) is 0 Å². The second kappa shape index (κ2) is 4.27. The first kappa shape index (κ1) is 11.4. The molecule has 0 spiro atoms. The highest BCUT2D eigenvalue weighted by molar-refractivity contribution is 6.39. The van der Waals surface area contributed by atoms with E-state index in [0.29, 0.717) is 0 Å². The van der Waals surface area contributed by atoms with Gasteiger partial charge in [-0.05, 0) is 18.2 Å². The Kier molecular flexibility index (Phi) is 2.43. The molecule has 0 atom stereocenters. The Morgan fingerprint density at radius 2 is 1.35 bits per heavy atom. The molecule has 0 saturated carbocycles. The van der Waals surface area contributed by atoms with Crippen LogP contribution in [0.1, 0.15) is 0 Å². The molecule has 3 aromatic carbocycles. The molecule has 1 heterocycles. The van der Waals surface area contributed by atoms with Gasteiger partial charge in [-0.2, -0.15) is 0 Å². The van der Waals surface area contributed by atoms with Crippen LogP contribution in [0.3, 0.4) is 0 Å². The van der Waals surface area contributed by atoms with Crippen LogP contribution in [0.5, 0.6) is 0 Å². The zero-order valence-corrected chi connectivity index (χ0v) is 11.0. The smallest absolute Gasteiger partial charge is 0.116 e. The highest BCUT2D eigenvalue weighted by atomic mass is 15.0. The van der Waals surface area contributed by atoms with Gasteiger partial charge in [0.15, 0.2) is 0 Å². The molecular formula is C18H12BN. The van der Waals surface area contributed by atoms with Crippen molar-refractivity contribution in [2.24, 2.45) is 0 Å². The highest BCUT2D eigenvalue weighted by Gasteiger charge is 2.12. The number of hydrogen-bond acceptors (Lipinski definition) is 0. The van der Waals surface area contributed by atoms with E-state index in [2.05, 4.69) is 59.2 Å². The van der Waals surface area contributed by atoms with Crippen molar-refractivity contribution in [3.05, 3.63) is 72.8 Å². The van der Waals surface area contributed by atoms with E-state index in [-0.39, 0.29) is 0 Å². The molecule has 2 radical (unpaired) electrons. The molecule has 0 saturated heterocycles. The van der Waals surface area contributed by atoms with Gasteiger partial charge in [0.2, 0.25) is 0 Å². The second-order valence-electron chi connectivity index (χ2n) is 4.93. The molecule has 1 nitrogen and oxygen atoms in total. The lowest BCUT2D eigenvalue weighted by molar-refractivity contribution is 1.18. The van der Waals surface area contributed by atoms with E-state index in [1.54, 1.807) is 0 Å². The average Bonchev–Trinajstić information content (AvgIpc) is 2.84. The molecule has 1 aromatic heterocycles. The first-order chi connectivity index (χ1) is 9.86. The zero-order chi connectivity index (χ0) is 13.5. The summed E-state index contributed by atoms with van der Waals surface area (Å²) in [6, 6.07) is 24.9. The Morgan fingerprint density at radius 1 is 0.650 bits per heavy atom. The van der Waals surface area contributed by atoms with Gasteiger partial charge in [0.1, 0.15) is 7.85 Å². The number of rotatable bonds is 1. The largest absolute Gasteiger partial charge is 0.310 e. The van der Waals surface area contributed by atoms with Gasteiger partial charge in [-0.1, -0.05) is 60.1 Å². The van der Waals surface area contributed by atoms with E-state index in [1.165, 1.54) is 16.3 Å². The molecular weight excluding hydrogens is 241 g/mol. The lowest BCUT2D eigenvalue weighted by Crippen LogP contribution is -2.07. The molecule has 0 aliphatic rings. The molecule has 0 N–H and O–H groups in total. The lowest BCUT2D eigenvalue weighted by atomic mass is 9.93. The average molecular weight is 253 g/mol. The topological polar surface area (TPSA) is 4.93 Å². The minimum absolute atomic E-state index is 0.808. The summed E-state index contributed by atoms with van der Waals surface area (Å²) in [5.74, 6) is 0. The highest BCUT2D eigenvalue weighted by Crippen LogP contribution is 2.30. The third-order valence-electron chi connectivity index (χ3n) is 3.74. The van der Waals surface area contributed by atoms with E-state index >= 15 is 0 Å². The molecule has 0 aliphatic heterocycles. The van der Waals surface area contributed by atoms with Crippen LogP contribution >= 0.6 is 0 Å². The first-order valence-electron chi connectivity index (χ1n) is 6.69. The van der Waals surface area contributed by atoms with Crippen LogP contribution in [0, 0.1) is 0 Å². The van der Waals surface area contributed by atoms with Gasteiger partial charge in [-0.25, -0.2) is 0 Å². The summed E-state index contributed by atoms with van der Waals surface area (Å²) in [5, 5.41) is 2.43. The number of nitrogens with zero attached hydrogens (tertiary/aromatic N) is 1. The fraction of sp³-hybridized carbons (Fsp3) is 0. The van der Waals surface area contributed by atoms with Crippen molar-refractivity contribution in [2.45, 2.75) is 0 Å². The van der Waals surface area contributed by atoms with E-state index < -0.39 is 0 Å². The monoisotopic (exact) mass is 253 g/mol. The van der Waals surface area contributed by atoms with Crippen LogP contribution in [-0.2, 0) is 0 Å². The van der Waals surface area contributed by atoms with Gasteiger partial charge in [0, 0.05) is 22.0 Å². The molecule has 0 amide bonds. The number of aromatic nitrogens is 1. The third kappa shape index (κ3) is 1.51. The van der Waals surface area contributed by atoms with E-state index in [1.807, 2.05) is 18.2 Å². The lowest BCUT2D eigenvalue weighted by Gasteiger charge is -2.09. The van der Waals surface area contributed by atoms with Crippen molar-refractivity contribution >= 4 is 35.1 Å². The predicted molar refractivity (Wildman–Crippen MR) is 86.2 cm³/mol. The number of hydrogen-bond donors (Lipinski definition) is 0. The summed E-state index contributed by atoms with van der Waals surface area (Å²) in [6.07, 6.45) is 0. The van der Waals surface area contributed by atoms with Crippen molar-refractivity contribution < 1.29 is 0 Å². The summed E-state index contributed by atoms with van der Waals surface area (Å²) in [7, 11) is 6.24. The molecule has 20 heavy (non-hydrogen) atoms. The maximum atomic E-state index is 6.24. The van der Waals surface area contributed by atoms with Crippen molar-refractivity contribution in [1.82, 2.24) is 4.57 Å². The van der Waals surface area contributed by atoms with E-state index in [0.717, 1.165) is 16.7 Å². The van der Waals surface area contributed by atoms with Crippen LogP contribution in [0.2, 0.25) is 0 Å². The Hall–Kier alpha value is -2.48.